The van der Waals surface area contributed by atoms with Crippen LogP contribution in [-0.2, 0) is 0 Å². The van der Waals surface area contributed by atoms with Gasteiger partial charge in [0.15, 0.2) is 0 Å². The Kier molecular flexibility index (Phi) is 4.19. The fourth-order valence-corrected chi connectivity index (χ4v) is 8.66. The molecule has 0 radical (unpaired) electrons. The minimum absolute atomic E-state index is 0.448. The third kappa shape index (κ3) is 2.70. The van der Waals surface area contributed by atoms with Crippen LogP contribution < -0.4 is 0 Å². The van der Waals surface area contributed by atoms with Crippen molar-refractivity contribution in [3.05, 3.63) is 29.3 Å². The quantitative estimate of drug-likeness (QED) is 0.556. The fourth-order valence-electron chi connectivity index (χ4n) is 8.66. The van der Waals surface area contributed by atoms with Gasteiger partial charge in [0.1, 0.15) is 5.75 Å². The van der Waals surface area contributed by atoms with Crippen LogP contribution in [0.1, 0.15) is 95.1 Å². The van der Waals surface area contributed by atoms with Gasteiger partial charge in [0.05, 0.1) is 0 Å². The van der Waals surface area contributed by atoms with Gasteiger partial charge in [0.25, 0.3) is 0 Å². The summed E-state index contributed by atoms with van der Waals surface area (Å²) in [6.45, 7) is 7.53. The second-order valence-corrected chi connectivity index (χ2v) is 11.3. The van der Waals surface area contributed by atoms with Crippen molar-refractivity contribution >= 4 is 0 Å². The molecule has 1 nitrogen and oxygen atoms in total. The van der Waals surface area contributed by atoms with E-state index in [0.717, 1.165) is 23.7 Å². The molecule has 4 fully saturated rings. The third-order valence-corrected chi connectivity index (χ3v) is 10.1. The third-order valence-electron chi connectivity index (χ3n) is 10.1. The van der Waals surface area contributed by atoms with Gasteiger partial charge in [-0.25, -0.2) is 0 Å². The van der Waals surface area contributed by atoms with Crippen LogP contribution in [0.15, 0.2) is 18.2 Å². The van der Waals surface area contributed by atoms with Crippen LogP contribution in [0.5, 0.6) is 5.75 Å². The smallest absolute Gasteiger partial charge is 0.115 e. The molecule has 0 spiro atoms. The van der Waals surface area contributed by atoms with E-state index in [-0.39, 0.29) is 0 Å². The maximum Gasteiger partial charge on any atom is 0.115 e. The molecule has 7 atom stereocenters. The highest BCUT2D eigenvalue weighted by Crippen LogP contribution is 2.68. The summed E-state index contributed by atoms with van der Waals surface area (Å²) >= 11 is 0. The van der Waals surface area contributed by atoms with Gasteiger partial charge in [-0.15, -0.1) is 0 Å². The molecular formula is C26H38O. The summed E-state index contributed by atoms with van der Waals surface area (Å²) in [6, 6.07) is 6.04. The van der Waals surface area contributed by atoms with Crippen molar-refractivity contribution < 1.29 is 5.11 Å². The molecule has 148 valence electrons. The number of phenolic OH excluding ortho intramolecular Hbond substituents is 1. The highest BCUT2D eigenvalue weighted by molar-refractivity contribution is 5.37. The average Bonchev–Trinajstić information content (AvgIpc) is 3.00. The molecule has 2 unspecified atom stereocenters. The zero-order valence-electron chi connectivity index (χ0n) is 17.6. The largest absolute Gasteiger partial charge is 0.508 e. The molecule has 1 heteroatoms. The molecule has 4 aliphatic rings. The molecule has 0 heterocycles. The Hall–Kier alpha value is -0.980. The van der Waals surface area contributed by atoms with Gasteiger partial charge in [0, 0.05) is 0 Å². The minimum atomic E-state index is 0.448. The number of rotatable bonds is 1. The second kappa shape index (κ2) is 6.26. The Morgan fingerprint density at radius 2 is 1.81 bits per heavy atom. The Morgan fingerprint density at radius 3 is 2.67 bits per heavy atom. The summed E-state index contributed by atoms with van der Waals surface area (Å²) in [5.74, 6) is 4.97. The molecule has 0 bridgehead atoms. The topological polar surface area (TPSA) is 20.2 Å². The maximum absolute atomic E-state index is 10.1. The number of phenols is 1. The van der Waals surface area contributed by atoms with E-state index in [1.54, 1.807) is 0 Å². The number of fused-ring (bicyclic) bond motifs is 5. The Morgan fingerprint density at radius 1 is 0.963 bits per heavy atom. The highest BCUT2D eigenvalue weighted by atomic mass is 16.3. The molecule has 5 rings (SSSR count). The lowest BCUT2D eigenvalue weighted by Gasteiger charge is -2.60. The Labute approximate surface area is 166 Å². The van der Waals surface area contributed by atoms with Gasteiger partial charge in [-0.3, -0.25) is 0 Å². The van der Waals surface area contributed by atoms with Crippen molar-refractivity contribution in [2.75, 3.05) is 0 Å². The second-order valence-electron chi connectivity index (χ2n) is 11.3. The van der Waals surface area contributed by atoms with Gasteiger partial charge in [-0.1, -0.05) is 32.8 Å². The van der Waals surface area contributed by atoms with E-state index in [4.69, 9.17) is 0 Å². The Balaban J connectivity index is 1.44. The lowest BCUT2D eigenvalue weighted by atomic mass is 9.45. The number of benzene rings is 1. The van der Waals surface area contributed by atoms with Crippen LogP contribution in [0.4, 0.5) is 0 Å². The number of aryl methyl sites for hydroxylation is 1. The lowest BCUT2D eigenvalue weighted by molar-refractivity contribution is -0.103. The van der Waals surface area contributed by atoms with Crippen molar-refractivity contribution in [2.24, 2.45) is 34.5 Å². The van der Waals surface area contributed by atoms with Gasteiger partial charge in [-0.05, 0) is 122 Å². The van der Waals surface area contributed by atoms with Crippen molar-refractivity contribution in [3.8, 4) is 5.75 Å². The summed E-state index contributed by atoms with van der Waals surface area (Å²) in [7, 11) is 0. The van der Waals surface area contributed by atoms with Crippen LogP contribution in [0.2, 0.25) is 0 Å². The van der Waals surface area contributed by atoms with E-state index >= 15 is 0 Å². The molecule has 1 aromatic carbocycles. The van der Waals surface area contributed by atoms with E-state index in [1.807, 2.05) is 6.07 Å². The van der Waals surface area contributed by atoms with Crippen LogP contribution in [0, 0.1) is 41.4 Å². The average molecular weight is 367 g/mol. The standard InChI is InChI=1S/C26H38O/c1-17-7-9-20(27)15-22(17)18-14-24-21-10-8-19-6-4-5-12-26(19,3)23(21)11-13-25(24,2)16-18/h7,9,15,18-19,21,23-24,27H,4-6,8,10-14,16H2,1-3H3/t18?,19?,21-,23-,24+,25-,26+/m1/s1. The van der Waals surface area contributed by atoms with Gasteiger partial charge >= 0.3 is 0 Å². The van der Waals surface area contributed by atoms with Crippen molar-refractivity contribution in [2.45, 2.75) is 90.9 Å². The van der Waals surface area contributed by atoms with E-state index in [0.29, 0.717) is 22.5 Å². The van der Waals surface area contributed by atoms with Crippen LogP contribution in [0.25, 0.3) is 0 Å². The SMILES string of the molecule is Cc1ccc(O)cc1C1C[C@H]2[C@@H]3CCC4CCCC[C@]4(C)[C@@H]3CC[C@]2(C)C1. The molecule has 0 saturated heterocycles. The first-order valence-corrected chi connectivity index (χ1v) is 11.7. The highest BCUT2D eigenvalue weighted by Gasteiger charge is 2.58. The molecule has 4 aliphatic carbocycles. The van der Waals surface area contributed by atoms with Crippen LogP contribution in [0.3, 0.4) is 0 Å². The summed E-state index contributed by atoms with van der Waals surface area (Å²) < 4.78 is 0. The monoisotopic (exact) mass is 366 g/mol. The molecule has 0 aromatic heterocycles. The molecule has 4 saturated carbocycles. The van der Waals surface area contributed by atoms with Gasteiger partial charge < -0.3 is 5.11 Å². The zero-order chi connectivity index (χ0) is 18.8. The first-order chi connectivity index (χ1) is 12.9. The van der Waals surface area contributed by atoms with E-state index < -0.39 is 0 Å². The first-order valence-electron chi connectivity index (χ1n) is 11.7. The molecule has 1 N–H and O–H groups in total. The van der Waals surface area contributed by atoms with Gasteiger partial charge in [-0.2, -0.15) is 0 Å². The summed E-state index contributed by atoms with van der Waals surface area (Å²) in [4.78, 5) is 0. The molecular weight excluding hydrogens is 328 g/mol. The van der Waals surface area contributed by atoms with Crippen molar-refractivity contribution in [1.29, 1.82) is 0 Å². The number of hydrogen-bond donors (Lipinski definition) is 1. The predicted octanol–water partition coefficient (Wildman–Crippen LogP) is 7.22. The molecule has 0 aliphatic heterocycles. The number of hydrogen-bond acceptors (Lipinski definition) is 1. The minimum Gasteiger partial charge on any atom is -0.508 e. The molecule has 27 heavy (non-hydrogen) atoms. The number of aromatic hydroxyl groups is 1. The fraction of sp³-hybridized carbons (Fsp3) is 0.769. The molecule has 1 aromatic rings. The van der Waals surface area contributed by atoms with E-state index in [1.165, 1.54) is 75.3 Å². The van der Waals surface area contributed by atoms with Crippen molar-refractivity contribution in [1.82, 2.24) is 0 Å². The van der Waals surface area contributed by atoms with Crippen LogP contribution >= 0.6 is 0 Å². The predicted molar refractivity (Wildman–Crippen MR) is 112 cm³/mol. The summed E-state index contributed by atoms with van der Waals surface area (Å²) in [6.07, 6.45) is 14.6. The maximum atomic E-state index is 10.1. The first kappa shape index (κ1) is 18.1. The van der Waals surface area contributed by atoms with Gasteiger partial charge in [0.2, 0.25) is 0 Å². The van der Waals surface area contributed by atoms with Crippen molar-refractivity contribution in [3.63, 3.8) is 0 Å². The lowest BCUT2D eigenvalue weighted by Crippen LogP contribution is -2.51. The van der Waals surface area contributed by atoms with E-state index in [2.05, 4.69) is 32.9 Å². The van der Waals surface area contributed by atoms with Crippen LogP contribution in [-0.4, -0.2) is 5.11 Å². The molecule has 0 amide bonds. The Bertz CT molecular complexity index is 723. The summed E-state index contributed by atoms with van der Waals surface area (Å²) in [5.41, 5.74) is 3.97. The van der Waals surface area contributed by atoms with E-state index in [9.17, 15) is 5.11 Å². The summed E-state index contributed by atoms with van der Waals surface area (Å²) in [5, 5.41) is 10.1. The normalized spacial score (nSPS) is 46.4. The zero-order valence-corrected chi connectivity index (χ0v) is 17.6.